The van der Waals surface area contributed by atoms with Crippen molar-refractivity contribution in [3.8, 4) is 11.4 Å². The minimum absolute atomic E-state index is 0.192. The van der Waals surface area contributed by atoms with Gasteiger partial charge in [-0.05, 0) is 0 Å². The minimum Gasteiger partial charge on any atom is -0.468 e. The smallest absolute Gasteiger partial charge is 0.324 e. The molecule has 1 N–H and O–H groups in total. The van der Waals surface area contributed by atoms with Crippen molar-refractivity contribution in [1.29, 1.82) is 0 Å². The molecular formula is C16H21N3O2. The van der Waals surface area contributed by atoms with E-state index in [0.29, 0.717) is 6.54 Å². The van der Waals surface area contributed by atoms with Gasteiger partial charge in [0.15, 0.2) is 0 Å². The summed E-state index contributed by atoms with van der Waals surface area (Å²) in [6, 6.07) is 9.71. The third kappa shape index (κ3) is 3.92. The molecule has 5 nitrogen and oxygen atoms in total. The second-order valence-electron chi connectivity index (χ2n) is 5.17. The Labute approximate surface area is 125 Å². The molecular weight excluding hydrogens is 266 g/mol. The predicted octanol–water partition coefficient (Wildman–Crippen LogP) is 2.09. The Hall–Kier alpha value is -2.14. The third-order valence-electron chi connectivity index (χ3n) is 3.15. The fourth-order valence-electron chi connectivity index (χ4n) is 2.24. The highest BCUT2D eigenvalue weighted by atomic mass is 16.5. The fourth-order valence-corrected chi connectivity index (χ4v) is 2.24. The number of aromatic nitrogens is 2. The monoisotopic (exact) mass is 287 g/mol. The summed E-state index contributed by atoms with van der Waals surface area (Å²) in [5.41, 5.74) is 1.02. The molecule has 1 unspecified atom stereocenters. The third-order valence-corrected chi connectivity index (χ3v) is 3.15. The van der Waals surface area contributed by atoms with Gasteiger partial charge in [0, 0.05) is 24.0 Å². The summed E-state index contributed by atoms with van der Waals surface area (Å²) in [6.07, 6.45) is 3.62. The van der Waals surface area contributed by atoms with E-state index >= 15 is 0 Å². The molecule has 0 aliphatic rings. The lowest BCUT2D eigenvalue weighted by molar-refractivity contribution is -0.143. The Balaban J connectivity index is 2.22. The number of methoxy groups -OCH3 is 1. The molecule has 5 heteroatoms. The van der Waals surface area contributed by atoms with Crippen LogP contribution < -0.4 is 5.32 Å². The number of esters is 1. The van der Waals surface area contributed by atoms with Crippen LogP contribution in [0.5, 0.6) is 0 Å². The zero-order valence-electron chi connectivity index (χ0n) is 12.6. The summed E-state index contributed by atoms with van der Waals surface area (Å²) < 4.78 is 6.84. The Morgan fingerprint density at radius 1 is 1.33 bits per heavy atom. The zero-order chi connectivity index (χ0) is 15.2. The second kappa shape index (κ2) is 7.04. The summed E-state index contributed by atoms with van der Waals surface area (Å²) in [7, 11) is 1.41. The van der Waals surface area contributed by atoms with Crippen LogP contribution >= 0.6 is 0 Å². The summed E-state index contributed by atoms with van der Waals surface area (Å²) in [5, 5.41) is 3.22. The van der Waals surface area contributed by atoms with Crippen molar-refractivity contribution in [2.75, 3.05) is 7.11 Å². The van der Waals surface area contributed by atoms with Crippen LogP contribution in [0.2, 0.25) is 0 Å². The van der Waals surface area contributed by atoms with Crippen molar-refractivity contribution >= 4 is 5.97 Å². The van der Waals surface area contributed by atoms with Gasteiger partial charge in [0.25, 0.3) is 0 Å². The van der Waals surface area contributed by atoms with E-state index in [1.54, 1.807) is 6.20 Å². The van der Waals surface area contributed by atoms with Gasteiger partial charge in [-0.3, -0.25) is 4.79 Å². The number of imidazole rings is 1. The lowest BCUT2D eigenvalue weighted by Gasteiger charge is -2.20. The highest BCUT2D eigenvalue weighted by Gasteiger charge is 2.21. The molecule has 0 aliphatic carbocycles. The quantitative estimate of drug-likeness (QED) is 0.827. The van der Waals surface area contributed by atoms with E-state index in [4.69, 9.17) is 4.74 Å². The summed E-state index contributed by atoms with van der Waals surface area (Å²) >= 11 is 0. The molecule has 0 saturated carbocycles. The Bertz CT molecular complexity index is 578. The Morgan fingerprint density at radius 3 is 2.67 bits per heavy atom. The first-order chi connectivity index (χ1) is 10.1. The largest absolute Gasteiger partial charge is 0.468 e. The Kier molecular flexibility index (Phi) is 5.11. The average molecular weight is 287 g/mol. The number of carbonyl (C=O) groups is 1. The average Bonchev–Trinajstić information content (AvgIpc) is 2.94. The van der Waals surface area contributed by atoms with Gasteiger partial charge < -0.3 is 14.6 Å². The number of rotatable bonds is 6. The first-order valence-corrected chi connectivity index (χ1v) is 7.02. The molecule has 2 aromatic rings. The molecule has 1 aromatic carbocycles. The van der Waals surface area contributed by atoms with Crippen LogP contribution in [0, 0.1) is 0 Å². The minimum atomic E-state index is -0.397. The van der Waals surface area contributed by atoms with Gasteiger partial charge in [-0.2, -0.15) is 0 Å². The molecule has 0 amide bonds. The van der Waals surface area contributed by atoms with E-state index in [9.17, 15) is 4.79 Å². The van der Waals surface area contributed by atoms with Crippen molar-refractivity contribution in [1.82, 2.24) is 14.9 Å². The normalized spacial score (nSPS) is 12.4. The van der Waals surface area contributed by atoms with Gasteiger partial charge in [-0.15, -0.1) is 0 Å². The molecule has 0 radical (unpaired) electrons. The number of nitrogens with one attached hydrogen (secondary N) is 1. The second-order valence-corrected chi connectivity index (χ2v) is 5.17. The highest BCUT2D eigenvalue weighted by Crippen LogP contribution is 2.17. The molecule has 0 spiro atoms. The first kappa shape index (κ1) is 15.3. The SMILES string of the molecule is COC(=O)C(Cn1ccnc1-c1ccccc1)NC(C)C. The standard InChI is InChI=1S/C16H21N3O2/c1-12(2)18-14(16(20)21-3)11-19-10-9-17-15(19)13-7-5-4-6-8-13/h4-10,12,14,18H,11H2,1-3H3. The van der Waals surface area contributed by atoms with Crippen LogP contribution in [-0.4, -0.2) is 34.7 Å². The van der Waals surface area contributed by atoms with Gasteiger partial charge >= 0.3 is 5.97 Å². The maximum atomic E-state index is 11.9. The molecule has 1 aromatic heterocycles. The molecule has 2 rings (SSSR count). The van der Waals surface area contributed by atoms with Crippen LogP contribution in [-0.2, 0) is 16.1 Å². The zero-order valence-corrected chi connectivity index (χ0v) is 12.6. The lowest BCUT2D eigenvalue weighted by atomic mass is 10.2. The van der Waals surface area contributed by atoms with Crippen LogP contribution in [0.25, 0.3) is 11.4 Å². The van der Waals surface area contributed by atoms with Crippen molar-refractivity contribution < 1.29 is 9.53 Å². The maximum absolute atomic E-state index is 11.9. The number of carbonyl (C=O) groups excluding carboxylic acids is 1. The van der Waals surface area contributed by atoms with Crippen LogP contribution in [0.1, 0.15) is 13.8 Å². The van der Waals surface area contributed by atoms with Gasteiger partial charge in [0.2, 0.25) is 0 Å². The van der Waals surface area contributed by atoms with E-state index in [-0.39, 0.29) is 12.0 Å². The topological polar surface area (TPSA) is 56.2 Å². The molecule has 21 heavy (non-hydrogen) atoms. The van der Waals surface area contributed by atoms with Crippen molar-refractivity contribution in [3.63, 3.8) is 0 Å². The molecule has 0 aliphatic heterocycles. The number of ether oxygens (including phenoxy) is 1. The van der Waals surface area contributed by atoms with Gasteiger partial charge in [0.05, 0.1) is 13.7 Å². The van der Waals surface area contributed by atoms with E-state index in [1.165, 1.54) is 7.11 Å². The lowest BCUT2D eigenvalue weighted by Crippen LogP contribution is -2.44. The number of nitrogens with zero attached hydrogens (tertiary/aromatic N) is 2. The van der Waals surface area contributed by atoms with Crippen molar-refractivity contribution in [2.24, 2.45) is 0 Å². The van der Waals surface area contributed by atoms with Crippen LogP contribution in [0.15, 0.2) is 42.7 Å². The van der Waals surface area contributed by atoms with E-state index in [2.05, 4.69) is 10.3 Å². The first-order valence-electron chi connectivity index (χ1n) is 7.02. The van der Waals surface area contributed by atoms with Crippen molar-refractivity contribution in [3.05, 3.63) is 42.7 Å². The summed E-state index contributed by atoms with van der Waals surface area (Å²) in [6.45, 7) is 4.49. The summed E-state index contributed by atoms with van der Waals surface area (Å²) in [5.74, 6) is 0.575. The Morgan fingerprint density at radius 2 is 2.05 bits per heavy atom. The molecule has 1 atom stereocenters. The highest BCUT2D eigenvalue weighted by molar-refractivity contribution is 5.75. The van der Waals surface area contributed by atoms with Crippen molar-refractivity contribution in [2.45, 2.75) is 32.5 Å². The van der Waals surface area contributed by atoms with E-state index < -0.39 is 6.04 Å². The van der Waals surface area contributed by atoms with Gasteiger partial charge in [-0.1, -0.05) is 44.2 Å². The van der Waals surface area contributed by atoms with Gasteiger partial charge in [0.1, 0.15) is 11.9 Å². The van der Waals surface area contributed by atoms with E-state index in [0.717, 1.165) is 11.4 Å². The molecule has 0 fully saturated rings. The predicted molar refractivity (Wildman–Crippen MR) is 81.7 cm³/mol. The fraction of sp³-hybridized carbons (Fsp3) is 0.375. The molecule has 0 bridgehead atoms. The molecule has 0 saturated heterocycles. The summed E-state index contributed by atoms with van der Waals surface area (Å²) in [4.78, 5) is 16.3. The van der Waals surface area contributed by atoms with Crippen LogP contribution in [0.3, 0.4) is 0 Å². The number of hydrogen-bond donors (Lipinski definition) is 1. The molecule has 1 heterocycles. The number of hydrogen-bond acceptors (Lipinski definition) is 4. The van der Waals surface area contributed by atoms with E-state index in [1.807, 2.05) is 54.9 Å². The van der Waals surface area contributed by atoms with Crippen LogP contribution in [0.4, 0.5) is 0 Å². The molecule has 112 valence electrons. The van der Waals surface area contributed by atoms with Gasteiger partial charge in [-0.25, -0.2) is 4.98 Å². The maximum Gasteiger partial charge on any atom is 0.324 e. The number of benzene rings is 1.